The van der Waals surface area contributed by atoms with Crippen LogP contribution >= 0.6 is 0 Å². The third kappa shape index (κ3) is 2.74. The number of likely N-dealkylation sites (tertiary alicyclic amines) is 1. The fraction of sp³-hybridized carbons (Fsp3) is 0.846. The van der Waals surface area contributed by atoms with Gasteiger partial charge in [0.25, 0.3) is 0 Å². The topological polar surface area (TPSA) is 29.3 Å². The zero-order valence-electron chi connectivity index (χ0n) is 10.3. The maximum atomic E-state index is 6.28. The molecule has 1 fully saturated rings. The summed E-state index contributed by atoms with van der Waals surface area (Å²) in [6, 6.07) is 0.174. The molecule has 0 spiro atoms. The molecule has 2 atom stereocenters. The van der Waals surface area contributed by atoms with E-state index >= 15 is 0 Å². The number of nitrogens with zero attached hydrogens (tertiary/aromatic N) is 1. The highest BCUT2D eigenvalue weighted by atomic mass is 15.2. The van der Waals surface area contributed by atoms with Crippen molar-refractivity contribution in [2.75, 3.05) is 13.1 Å². The second-order valence-corrected chi connectivity index (χ2v) is 4.64. The number of nitrogens with two attached hydrogens (primary N) is 1. The average Bonchev–Trinajstić information content (AvgIpc) is 2.78. The van der Waals surface area contributed by atoms with Crippen LogP contribution in [-0.4, -0.2) is 29.6 Å². The van der Waals surface area contributed by atoms with E-state index in [1.54, 1.807) is 0 Å². The van der Waals surface area contributed by atoms with Gasteiger partial charge in [-0.05, 0) is 46.2 Å². The van der Waals surface area contributed by atoms with Gasteiger partial charge in [-0.15, -0.1) is 11.8 Å². The third-order valence-electron chi connectivity index (χ3n) is 3.84. The summed E-state index contributed by atoms with van der Waals surface area (Å²) in [6.45, 7) is 8.82. The average molecular weight is 208 g/mol. The second-order valence-electron chi connectivity index (χ2n) is 4.64. The van der Waals surface area contributed by atoms with E-state index in [9.17, 15) is 0 Å². The fourth-order valence-corrected chi connectivity index (χ4v) is 2.38. The van der Waals surface area contributed by atoms with E-state index in [0.29, 0.717) is 0 Å². The van der Waals surface area contributed by atoms with Crippen molar-refractivity contribution in [1.82, 2.24) is 4.90 Å². The summed E-state index contributed by atoms with van der Waals surface area (Å²) < 4.78 is 0. The Hall–Kier alpha value is -0.520. The first-order chi connectivity index (χ1) is 7.15. The first-order valence-corrected chi connectivity index (χ1v) is 6.05. The van der Waals surface area contributed by atoms with Crippen LogP contribution in [0.5, 0.6) is 0 Å². The van der Waals surface area contributed by atoms with E-state index in [1.165, 1.54) is 25.9 Å². The third-order valence-corrected chi connectivity index (χ3v) is 3.84. The molecule has 0 amide bonds. The van der Waals surface area contributed by atoms with Gasteiger partial charge in [0.1, 0.15) is 0 Å². The largest absolute Gasteiger partial charge is 0.325 e. The molecule has 0 aliphatic carbocycles. The van der Waals surface area contributed by atoms with Crippen molar-refractivity contribution >= 4 is 0 Å². The minimum atomic E-state index is 0.139. The summed E-state index contributed by atoms with van der Waals surface area (Å²) in [4.78, 5) is 2.55. The fourth-order valence-electron chi connectivity index (χ4n) is 2.38. The first-order valence-electron chi connectivity index (χ1n) is 6.05. The van der Waals surface area contributed by atoms with Gasteiger partial charge in [-0.3, -0.25) is 4.90 Å². The van der Waals surface area contributed by atoms with Crippen LogP contribution in [0.2, 0.25) is 0 Å². The molecular formula is C13H24N2. The van der Waals surface area contributed by atoms with E-state index in [1.807, 2.05) is 6.92 Å². The molecule has 2 N–H and O–H groups in total. The molecule has 0 bridgehead atoms. The minimum Gasteiger partial charge on any atom is -0.325 e. The standard InChI is InChI=1S/C13H24N2/c1-4-6-9-12(14)13(3,5-2)15-10-7-8-11-15/h12H,5,7-11,14H2,1-3H3. The molecule has 0 aromatic carbocycles. The normalized spacial score (nSPS) is 22.9. The van der Waals surface area contributed by atoms with Crippen molar-refractivity contribution in [2.24, 2.45) is 5.73 Å². The van der Waals surface area contributed by atoms with Gasteiger partial charge in [0.2, 0.25) is 0 Å². The van der Waals surface area contributed by atoms with Crippen LogP contribution in [0.1, 0.15) is 46.5 Å². The maximum absolute atomic E-state index is 6.28. The predicted molar refractivity (Wildman–Crippen MR) is 65.5 cm³/mol. The molecule has 1 heterocycles. The highest BCUT2D eigenvalue weighted by Gasteiger charge is 2.36. The Morgan fingerprint density at radius 2 is 2.00 bits per heavy atom. The first kappa shape index (κ1) is 12.5. The Morgan fingerprint density at radius 3 is 2.47 bits per heavy atom. The second kappa shape index (κ2) is 5.53. The lowest BCUT2D eigenvalue weighted by Gasteiger charge is -2.42. The molecule has 1 rings (SSSR count). The minimum absolute atomic E-state index is 0.139. The summed E-state index contributed by atoms with van der Waals surface area (Å²) in [7, 11) is 0. The lowest BCUT2D eigenvalue weighted by molar-refractivity contribution is 0.102. The molecule has 15 heavy (non-hydrogen) atoms. The SMILES string of the molecule is CC#CCC(N)C(C)(CC)N1CCCC1. The van der Waals surface area contributed by atoms with Gasteiger partial charge in [0.05, 0.1) is 0 Å². The van der Waals surface area contributed by atoms with E-state index in [2.05, 4.69) is 30.6 Å². The molecule has 86 valence electrons. The Balaban J connectivity index is 2.67. The number of hydrogen-bond acceptors (Lipinski definition) is 2. The van der Waals surface area contributed by atoms with Gasteiger partial charge in [0.15, 0.2) is 0 Å². The van der Waals surface area contributed by atoms with Crippen molar-refractivity contribution in [3.63, 3.8) is 0 Å². The Kier molecular flexibility index (Phi) is 4.63. The van der Waals surface area contributed by atoms with Gasteiger partial charge in [-0.1, -0.05) is 6.92 Å². The Bertz CT molecular complexity index is 245. The number of rotatable bonds is 4. The molecule has 0 aromatic rings. The summed E-state index contributed by atoms with van der Waals surface area (Å²) >= 11 is 0. The van der Waals surface area contributed by atoms with Gasteiger partial charge in [-0.2, -0.15) is 0 Å². The van der Waals surface area contributed by atoms with Gasteiger partial charge in [-0.25, -0.2) is 0 Å². The lowest BCUT2D eigenvalue weighted by Crippen LogP contribution is -2.56. The van der Waals surface area contributed by atoms with Gasteiger partial charge < -0.3 is 5.73 Å². The molecule has 2 unspecified atom stereocenters. The van der Waals surface area contributed by atoms with E-state index in [4.69, 9.17) is 5.73 Å². The molecule has 1 aliphatic heterocycles. The van der Waals surface area contributed by atoms with Gasteiger partial charge >= 0.3 is 0 Å². The number of hydrogen-bond donors (Lipinski definition) is 1. The molecule has 2 nitrogen and oxygen atoms in total. The molecule has 1 aliphatic rings. The van der Waals surface area contributed by atoms with E-state index in [0.717, 1.165) is 12.8 Å². The monoisotopic (exact) mass is 208 g/mol. The van der Waals surface area contributed by atoms with Gasteiger partial charge in [0, 0.05) is 18.0 Å². The van der Waals surface area contributed by atoms with Crippen LogP contribution in [0.3, 0.4) is 0 Å². The van der Waals surface area contributed by atoms with Crippen molar-refractivity contribution in [3.8, 4) is 11.8 Å². The Labute approximate surface area is 94.2 Å². The molecule has 0 radical (unpaired) electrons. The molecular weight excluding hydrogens is 184 g/mol. The van der Waals surface area contributed by atoms with Crippen molar-refractivity contribution in [3.05, 3.63) is 0 Å². The van der Waals surface area contributed by atoms with Crippen LogP contribution < -0.4 is 5.73 Å². The molecule has 0 aromatic heterocycles. The molecule has 1 saturated heterocycles. The predicted octanol–water partition coefficient (Wildman–Crippen LogP) is 1.99. The van der Waals surface area contributed by atoms with Crippen LogP contribution in [0.25, 0.3) is 0 Å². The summed E-state index contributed by atoms with van der Waals surface area (Å²) in [5.41, 5.74) is 6.42. The summed E-state index contributed by atoms with van der Waals surface area (Å²) in [5.74, 6) is 6.05. The van der Waals surface area contributed by atoms with Crippen molar-refractivity contribution < 1.29 is 0 Å². The van der Waals surface area contributed by atoms with Crippen LogP contribution in [0, 0.1) is 11.8 Å². The van der Waals surface area contributed by atoms with Crippen LogP contribution in [-0.2, 0) is 0 Å². The molecule has 2 heteroatoms. The van der Waals surface area contributed by atoms with E-state index < -0.39 is 0 Å². The smallest absolute Gasteiger partial charge is 0.0338 e. The van der Waals surface area contributed by atoms with Crippen LogP contribution in [0.15, 0.2) is 0 Å². The highest BCUT2D eigenvalue weighted by Crippen LogP contribution is 2.28. The quantitative estimate of drug-likeness (QED) is 0.716. The Morgan fingerprint density at radius 1 is 1.40 bits per heavy atom. The van der Waals surface area contributed by atoms with Crippen molar-refractivity contribution in [2.45, 2.75) is 58.0 Å². The van der Waals surface area contributed by atoms with Crippen LogP contribution in [0.4, 0.5) is 0 Å². The van der Waals surface area contributed by atoms with E-state index in [-0.39, 0.29) is 11.6 Å². The lowest BCUT2D eigenvalue weighted by atomic mass is 9.86. The summed E-state index contributed by atoms with van der Waals surface area (Å²) in [6.07, 6.45) is 4.57. The maximum Gasteiger partial charge on any atom is 0.0338 e. The highest BCUT2D eigenvalue weighted by molar-refractivity contribution is 5.05. The zero-order valence-corrected chi connectivity index (χ0v) is 10.3. The zero-order chi connectivity index (χ0) is 11.3. The van der Waals surface area contributed by atoms with Crippen molar-refractivity contribution in [1.29, 1.82) is 0 Å². The summed E-state index contributed by atoms with van der Waals surface area (Å²) in [5, 5.41) is 0. The molecule has 0 saturated carbocycles.